The standard InChI is InChI=1S/C26H20N8O/c1-7-19-20-8-2-10-22(26(33-17-5-13-29-33)34-18-6-14-30-34)24(20)35-23(19)21(9-1)25(31-15-3-11-27-31)32-16-4-12-28-32/h1-18,25-26H. The molecule has 0 saturated carbocycles. The molecule has 9 nitrogen and oxygen atoms in total. The van der Waals surface area contributed by atoms with E-state index in [0.717, 1.165) is 33.1 Å². The molecular weight excluding hydrogens is 440 g/mol. The zero-order valence-electron chi connectivity index (χ0n) is 18.5. The van der Waals surface area contributed by atoms with Gasteiger partial charge in [0, 0.05) is 71.5 Å². The van der Waals surface area contributed by atoms with E-state index in [1.165, 1.54) is 0 Å². The third kappa shape index (κ3) is 3.09. The van der Waals surface area contributed by atoms with Crippen LogP contribution < -0.4 is 0 Å². The molecule has 0 bridgehead atoms. The van der Waals surface area contributed by atoms with Gasteiger partial charge in [0.25, 0.3) is 0 Å². The van der Waals surface area contributed by atoms with Crippen LogP contribution in [0.1, 0.15) is 23.5 Å². The summed E-state index contributed by atoms with van der Waals surface area (Å²) in [6.45, 7) is 0. The van der Waals surface area contributed by atoms with Gasteiger partial charge in [-0.15, -0.1) is 0 Å². The summed E-state index contributed by atoms with van der Waals surface area (Å²) >= 11 is 0. The molecule has 0 fully saturated rings. The van der Waals surface area contributed by atoms with Crippen molar-refractivity contribution in [1.29, 1.82) is 0 Å². The van der Waals surface area contributed by atoms with E-state index in [-0.39, 0.29) is 12.3 Å². The Morgan fingerprint density at radius 1 is 0.486 bits per heavy atom. The Morgan fingerprint density at radius 3 is 1.17 bits per heavy atom. The number of hydrogen-bond donors (Lipinski definition) is 0. The van der Waals surface area contributed by atoms with Crippen LogP contribution >= 0.6 is 0 Å². The molecular formula is C26H20N8O. The Morgan fingerprint density at radius 2 is 0.857 bits per heavy atom. The highest BCUT2D eigenvalue weighted by Crippen LogP contribution is 2.38. The van der Waals surface area contributed by atoms with Gasteiger partial charge in [-0.1, -0.05) is 36.4 Å². The summed E-state index contributed by atoms with van der Waals surface area (Å²) in [6.07, 6.45) is 14.2. The van der Waals surface area contributed by atoms with Crippen LogP contribution in [0.2, 0.25) is 0 Å². The summed E-state index contributed by atoms with van der Waals surface area (Å²) < 4.78 is 14.2. The number of para-hydroxylation sites is 2. The van der Waals surface area contributed by atoms with Crippen LogP contribution in [-0.4, -0.2) is 39.1 Å². The van der Waals surface area contributed by atoms with Gasteiger partial charge < -0.3 is 4.42 Å². The van der Waals surface area contributed by atoms with Crippen molar-refractivity contribution in [2.24, 2.45) is 0 Å². The fraction of sp³-hybridized carbons (Fsp3) is 0.0769. The maximum atomic E-state index is 6.70. The SMILES string of the molecule is c1cc(C(n2cccn2)n2cccn2)c2oc3c(C(n4cccn4)n4cccn4)cccc3c2c1. The van der Waals surface area contributed by atoms with Crippen LogP contribution in [-0.2, 0) is 0 Å². The van der Waals surface area contributed by atoms with Crippen molar-refractivity contribution < 1.29 is 4.42 Å². The van der Waals surface area contributed by atoms with Gasteiger partial charge in [-0.3, -0.25) is 0 Å². The van der Waals surface area contributed by atoms with Crippen molar-refractivity contribution >= 4 is 21.9 Å². The zero-order valence-corrected chi connectivity index (χ0v) is 18.5. The van der Waals surface area contributed by atoms with Crippen LogP contribution in [0.15, 0.2) is 115 Å². The van der Waals surface area contributed by atoms with E-state index < -0.39 is 0 Å². The average Bonchev–Trinajstić information content (AvgIpc) is 3.72. The van der Waals surface area contributed by atoms with Crippen LogP contribution in [0.3, 0.4) is 0 Å². The van der Waals surface area contributed by atoms with Crippen LogP contribution in [0.5, 0.6) is 0 Å². The normalized spacial score (nSPS) is 11.9. The molecule has 0 amide bonds. The minimum atomic E-state index is -0.291. The highest BCUT2D eigenvalue weighted by Gasteiger charge is 2.26. The lowest BCUT2D eigenvalue weighted by atomic mass is 10.0. The minimum Gasteiger partial charge on any atom is -0.455 e. The Labute approximate surface area is 199 Å². The Kier molecular flexibility index (Phi) is 4.38. The Bertz CT molecular complexity index is 1500. The maximum absolute atomic E-state index is 6.70. The third-order valence-corrected chi connectivity index (χ3v) is 6.24. The lowest BCUT2D eigenvalue weighted by Crippen LogP contribution is -2.20. The minimum absolute atomic E-state index is 0.291. The molecule has 5 heterocycles. The first-order chi connectivity index (χ1) is 17.4. The largest absolute Gasteiger partial charge is 0.455 e. The van der Waals surface area contributed by atoms with E-state index in [2.05, 4.69) is 56.8 Å². The number of aromatic nitrogens is 8. The van der Waals surface area contributed by atoms with Gasteiger partial charge in [-0.2, -0.15) is 20.4 Å². The molecule has 7 rings (SSSR count). The first-order valence-corrected chi connectivity index (χ1v) is 11.3. The van der Waals surface area contributed by atoms with Gasteiger partial charge in [-0.05, 0) is 24.3 Å². The molecule has 9 heteroatoms. The molecule has 0 saturated heterocycles. The zero-order chi connectivity index (χ0) is 23.2. The van der Waals surface area contributed by atoms with Crippen molar-refractivity contribution in [2.45, 2.75) is 12.3 Å². The molecule has 0 N–H and O–H groups in total. The smallest absolute Gasteiger partial charge is 0.172 e. The van der Waals surface area contributed by atoms with Crippen molar-refractivity contribution in [3.05, 3.63) is 121 Å². The average molecular weight is 461 g/mol. The van der Waals surface area contributed by atoms with Gasteiger partial charge in [0.1, 0.15) is 11.2 Å². The van der Waals surface area contributed by atoms with E-state index in [9.17, 15) is 0 Å². The Balaban J connectivity index is 1.49. The molecule has 0 aliphatic heterocycles. The van der Waals surface area contributed by atoms with E-state index in [4.69, 9.17) is 4.42 Å². The van der Waals surface area contributed by atoms with E-state index in [1.54, 1.807) is 24.8 Å². The number of furan rings is 1. The second-order valence-corrected chi connectivity index (χ2v) is 8.24. The Hall–Kier alpha value is -4.92. The molecule has 35 heavy (non-hydrogen) atoms. The second kappa shape index (κ2) is 7.84. The van der Waals surface area contributed by atoms with Crippen LogP contribution in [0, 0.1) is 0 Å². The monoisotopic (exact) mass is 460 g/mol. The fourth-order valence-electron chi connectivity index (χ4n) is 4.78. The molecule has 0 unspecified atom stereocenters. The third-order valence-electron chi connectivity index (χ3n) is 6.24. The second-order valence-electron chi connectivity index (χ2n) is 8.24. The number of benzene rings is 2. The number of rotatable bonds is 6. The van der Waals surface area contributed by atoms with Gasteiger partial charge >= 0.3 is 0 Å². The predicted molar refractivity (Wildman–Crippen MR) is 130 cm³/mol. The summed E-state index contributed by atoms with van der Waals surface area (Å²) in [5, 5.41) is 20.1. The van der Waals surface area contributed by atoms with Gasteiger partial charge in [0.15, 0.2) is 12.3 Å². The highest BCUT2D eigenvalue weighted by atomic mass is 16.3. The van der Waals surface area contributed by atoms with Crippen molar-refractivity contribution in [3.8, 4) is 0 Å². The quantitative estimate of drug-likeness (QED) is 0.363. The lowest BCUT2D eigenvalue weighted by Gasteiger charge is -2.19. The number of hydrogen-bond acceptors (Lipinski definition) is 5. The highest BCUT2D eigenvalue weighted by molar-refractivity contribution is 6.07. The molecule has 170 valence electrons. The first kappa shape index (κ1) is 19.5. The molecule has 0 atom stereocenters. The molecule has 0 spiro atoms. The summed E-state index contributed by atoms with van der Waals surface area (Å²) in [7, 11) is 0. The predicted octanol–water partition coefficient (Wildman–Crippen LogP) is 4.56. The number of nitrogens with zero attached hydrogens (tertiary/aromatic N) is 8. The fourth-order valence-corrected chi connectivity index (χ4v) is 4.78. The van der Waals surface area contributed by atoms with Crippen molar-refractivity contribution in [3.63, 3.8) is 0 Å². The summed E-state index contributed by atoms with van der Waals surface area (Å²) in [5.41, 5.74) is 3.52. The summed E-state index contributed by atoms with van der Waals surface area (Å²) in [5.74, 6) is 0. The van der Waals surface area contributed by atoms with Crippen LogP contribution in [0.25, 0.3) is 21.9 Å². The van der Waals surface area contributed by atoms with Crippen molar-refractivity contribution in [2.75, 3.05) is 0 Å². The molecule has 0 aliphatic carbocycles. The van der Waals surface area contributed by atoms with E-state index in [1.807, 2.05) is 67.8 Å². The number of fused-ring (bicyclic) bond motifs is 3. The van der Waals surface area contributed by atoms with E-state index >= 15 is 0 Å². The first-order valence-electron chi connectivity index (χ1n) is 11.3. The maximum Gasteiger partial charge on any atom is 0.172 e. The topological polar surface area (TPSA) is 84.4 Å². The molecule has 0 aliphatic rings. The van der Waals surface area contributed by atoms with Crippen LogP contribution in [0.4, 0.5) is 0 Å². The van der Waals surface area contributed by atoms with Gasteiger partial charge in [0.2, 0.25) is 0 Å². The molecule has 0 radical (unpaired) electrons. The van der Waals surface area contributed by atoms with E-state index in [0.29, 0.717) is 0 Å². The van der Waals surface area contributed by atoms with Gasteiger partial charge in [-0.25, -0.2) is 18.7 Å². The summed E-state index contributed by atoms with van der Waals surface area (Å²) in [6, 6.07) is 20.1. The van der Waals surface area contributed by atoms with Gasteiger partial charge in [0.05, 0.1) is 0 Å². The molecule has 2 aromatic carbocycles. The van der Waals surface area contributed by atoms with Crippen molar-refractivity contribution in [1.82, 2.24) is 39.1 Å². The lowest BCUT2D eigenvalue weighted by molar-refractivity contribution is 0.413. The molecule has 5 aromatic heterocycles. The summed E-state index contributed by atoms with van der Waals surface area (Å²) in [4.78, 5) is 0. The molecule has 7 aromatic rings.